The van der Waals surface area contributed by atoms with Crippen LogP contribution in [0.15, 0.2) is 67.4 Å². The normalized spacial score (nSPS) is 15.8. The molecule has 1 aliphatic rings. The minimum absolute atomic E-state index is 0.350. The van der Waals surface area contributed by atoms with Crippen LogP contribution in [0, 0.1) is 13.8 Å². The molecular formula is C31H33N7O2. The van der Waals surface area contributed by atoms with Crippen LogP contribution in [0.2, 0.25) is 0 Å². The Hall–Kier alpha value is -4.50. The average Bonchev–Trinajstić information content (AvgIpc) is 3.34. The lowest BCUT2D eigenvalue weighted by molar-refractivity contribution is 0.215. The highest BCUT2D eigenvalue weighted by atomic mass is 16.5. The van der Waals surface area contributed by atoms with Crippen LogP contribution in [0.5, 0.6) is 17.2 Å². The standard InChI is InChI=1S/C31H33N7O2/c1-20-11-26(39-18-22-14-33-21(2)34-15-22)13-27(12-20)40-25-8-6-23(7-9-25)28-17-38(24-5-4-10-37(3)16-24)31-29(28)30(32)35-19-36-31/h6-9,11-15,17,19,24H,4-5,10,16,18H2,1-3H3,(H2,32,35,36)/t24-/m1/s1. The van der Waals surface area contributed by atoms with E-state index in [1.165, 1.54) is 0 Å². The zero-order valence-electron chi connectivity index (χ0n) is 23.0. The van der Waals surface area contributed by atoms with Gasteiger partial charge in [-0.1, -0.05) is 12.1 Å². The predicted octanol–water partition coefficient (Wildman–Crippen LogP) is 5.73. The van der Waals surface area contributed by atoms with E-state index in [1.807, 2.05) is 44.2 Å². The molecule has 1 fully saturated rings. The van der Waals surface area contributed by atoms with Crippen LogP contribution in [-0.2, 0) is 6.61 Å². The zero-order chi connectivity index (χ0) is 27.6. The lowest BCUT2D eigenvalue weighted by atomic mass is 10.1. The Kier molecular flexibility index (Phi) is 7.04. The summed E-state index contributed by atoms with van der Waals surface area (Å²) in [7, 11) is 2.17. The summed E-state index contributed by atoms with van der Waals surface area (Å²) in [6.07, 6.45) is 9.57. The van der Waals surface area contributed by atoms with Crippen molar-refractivity contribution in [3.8, 4) is 28.4 Å². The van der Waals surface area contributed by atoms with Crippen LogP contribution < -0.4 is 15.2 Å². The van der Waals surface area contributed by atoms with Crippen molar-refractivity contribution in [2.45, 2.75) is 39.3 Å². The minimum atomic E-state index is 0.350. The number of likely N-dealkylation sites (N-methyl/N-ethyl adjacent to an activating group) is 1. The number of hydrogen-bond acceptors (Lipinski definition) is 8. The summed E-state index contributed by atoms with van der Waals surface area (Å²) in [4.78, 5) is 19.7. The van der Waals surface area contributed by atoms with Crippen molar-refractivity contribution >= 4 is 16.9 Å². The number of aromatic nitrogens is 5. The quantitative estimate of drug-likeness (QED) is 0.282. The zero-order valence-corrected chi connectivity index (χ0v) is 23.0. The Morgan fingerprint density at radius 3 is 2.50 bits per heavy atom. The Labute approximate surface area is 233 Å². The number of rotatable bonds is 7. The first-order valence-electron chi connectivity index (χ1n) is 13.5. The lowest BCUT2D eigenvalue weighted by Crippen LogP contribution is -2.33. The van der Waals surface area contributed by atoms with Crippen molar-refractivity contribution in [3.05, 3.63) is 84.3 Å². The molecule has 0 aliphatic carbocycles. The monoisotopic (exact) mass is 535 g/mol. The number of likely N-dealkylation sites (tertiary alicyclic amines) is 1. The van der Waals surface area contributed by atoms with Crippen molar-refractivity contribution in [2.75, 3.05) is 25.9 Å². The Bertz CT molecular complexity index is 1630. The summed E-state index contributed by atoms with van der Waals surface area (Å²) < 4.78 is 14.5. The Morgan fingerprint density at radius 2 is 1.73 bits per heavy atom. The molecule has 9 nitrogen and oxygen atoms in total. The third-order valence-corrected chi connectivity index (χ3v) is 7.30. The smallest absolute Gasteiger partial charge is 0.146 e. The molecular weight excluding hydrogens is 502 g/mol. The molecule has 0 amide bonds. The summed E-state index contributed by atoms with van der Waals surface area (Å²) in [6.45, 7) is 6.37. The predicted molar refractivity (Wildman–Crippen MR) is 155 cm³/mol. The van der Waals surface area contributed by atoms with Gasteiger partial charge in [0.15, 0.2) is 0 Å². The van der Waals surface area contributed by atoms with Gasteiger partial charge in [-0.05, 0) is 75.7 Å². The van der Waals surface area contributed by atoms with Gasteiger partial charge < -0.3 is 24.7 Å². The largest absolute Gasteiger partial charge is 0.489 e. The molecule has 6 rings (SSSR count). The van der Waals surface area contributed by atoms with Crippen LogP contribution in [0.3, 0.4) is 0 Å². The number of aryl methyl sites for hydroxylation is 2. The fraction of sp³-hybridized carbons (Fsp3) is 0.290. The van der Waals surface area contributed by atoms with Gasteiger partial charge in [-0.3, -0.25) is 0 Å². The maximum Gasteiger partial charge on any atom is 0.146 e. The molecule has 9 heteroatoms. The van der Waals surface area contributed by atoms with Crippen molar-refractivity contribution in [1.82, 2.24) is 29.4 Å². The minimum Gasteiger partial charge on any atom is -0.489 e. The lowest BCUT2D eigenvalue weighted by Gasteiger charge is -2.30. The Morgan fingerprint density at radius 1 is 0.950 bits per heavy atom. The third kappa shape index (κ3) is 5.46. The van der Waals surface area contributed by atoms with Gasteiger partial charge in [-0.25, -0.2) is 19.9 Å². The van der Waals surface area contributed by atoms with E-state index in [9.17, 15) is 0 Å². The van der Waals surface area contributed by atoms with E-state index in [0.717, 1.165) is 76.5 Å². The van der Waals surface area contributed by atoms with E-state index in [1.54, 1.807) is 18.7 Å². The van der Waals surface area contributed by atoms with Crippen LogP contribution in [0.25, 0.3) is 22.2 Å². The summed E-state index contributed by atoms with van der Waals surface area (Å²) in [5, 5.41) is 0.892. The second-order valence-corrected chi connectivity index (χ2v) is 10.5. The van der Waals surface area contributed by atoms with Crippen molar-refractivity contribution in [3.63, 3.8) is 0 Å². The molecule has 2 N–H and O–H groups in total. The third-order valence-electron chi connectivity index (χ3n) is 7.30. The molecule has 204 valence electrons. The number of nitrogens with two attached hydrogens (primary N) is 1. The van der Waals surface area contributed by atoms with Gasteiger partial charge in [0.2, 0.25) is 0 Å². The molecule has 0 radical (unpaired) electrons. The highest BCUT2D eigenvalue weighted by molar-refractivity contribution is 6.00. The first-order chi connectivity index (χ1) is 19.4. The van der Waals surface area contributed by atoms with E-state index in [0.29, 0.717) is 24.2 Å². The van der Waals surface area contributed by atoms with Gasteiger partial charge in [-0.15, -0.1) is 0 Å². The van der Waals surface area contributed by atoms with E-state index < -0.39 is 0 Å². The summed E-state index contributed by atoms with van der Waals surface area (Å²) in [6, 6.07) is 14.3. The number of fused-ring (bicyclic) bond motifs is 1. The number of benzene rings is 2. The maximum atomic E-state index is 6.37. The fourth-order valence-electron chi connectivity index (χ4n) is 5.33. The molecule has 0 saturated carbocycles. The number of nitrogens with zero attached hydrogens (tertiary/aromatic N) is 6. The highest BCUT2D eigenvalue weighted by Crippen LogP contribution is 2.37. The number of nitrogen functional groups attached to an aromatic ring is 1. The molecule has 3 aromatic heterocycles. The van der Waals surface area contributed by atoms with Gasteiger partial charge in [0.05, 0.1) is 5.39 Å². The van der Waals surface area contributed by atoms with Crippen LogP contribution in [0.4, 0.5) is 5.82 Å². The molecule has 1 aliphatic heterocycles. The fourth-order valence-corrected chi connectivity index (χ4v) is 5.33. The Balaban J connectivity index is 1.22. The van der Waals surface area contributed by atoms with Gasteiger partial charge in [0.1, 0.15) is 47.5 Å². The van der Waals surface area contributed by atoms with E-state index in [-0.39, 0.29) is 0 Å². The summed E-state index contributed by atoms with van der Waals surface area (Å²) in [5.41, 5.74) is 11.3. The first kappa shape index (κ1) is 25.8. The maximum absolute atomic E-state index is 6.37. The molecule has 2 aromatic carbocycles. The number of piperidine rings is 1. The van der Waals surface area contributed by atoms with Gasteiger partial charge in [-0.2, -0.15) is 0 Å². The molecule has 1 saturated heterocycles. The van der Waals surface area contributed by atoms with Gasteiger partial charge >= 0.3 is 0 Å². The number of ether oxygens (including phenoxy) is 2. The van der Waals surface area contributed by atoms with Crippen molar-refractivity contribution in [1.29, 1.82) is 0 Å². The molecule has 4 heterocycles. The second kappa shape index (κ2) is 10.9. The van der Waals surface area contributed by atoms with Crippen LogP contribution in [-0.4, -0.2) is 49.5 Å². The van der Waals surface area contributed by atoms with E-state index in [2.05, 4.69) is 54.8 Å². The summed E-state index contributed by atoms with van der Waals surface area (Å²) >= 11 is 0. The number of hydrogen-bond donors (Lipinski definition) is 1. The van der Waals surface area contributed by atoms with E-state index >= 15 is 0 Å². The summed E-state index contributed by atoms with van der Waals surface area (Å²) in [5.74, 6) is 3.39. The molecule has 0 spiro atoms. The highest BCUT2D eigenvalue weighted by Gasteiger charge is 2.24. The molecule has 40 heavy (non-hydrogen) atoms. The molecule has 1 atom stereocenters. The van der Waals surface area contributed by atoms with Gasteiger partial charge in [0.25, 0.3) is 0 Å². The first-order valence-corrected chi connectivity index (χ1v) is 13.5. The molecule has 0 bridgehead atoms. The van der Waals surface area contributed by atoms with Crippen LogP contribution in [0.1, 0.15) is 35.8 Å². The molecule has 5 aromatic rings. The van der Waals surface area contributed by atoms with E-state index in [4.69, 9.17) is 15.2 Å². The topological polar surface area (TPSA) is 104 Å². The SMILES string of the molecule is Cc1cc(OCc2cnc(C)nc2)cc(Oc2ccc(-c3cn([C@@H]4CCCN(C)C4)c4ncnc(N)c34)cc2)c1. The second-order valence-electron chi connectivity index (χ2n) is 10.5. The molecule has 0 unspecified atom stereocenters. The van der Waals surface area contributed by atoms with Gasteiger partial charge in [0, 0.05) is 48.4 Å². The number of anilines is 1. The van der Waals surface area contributed by atoms with Crippen molar-refractivity contribution in [2.24, 2.45) is 0 Å². The van der Waals surface area contributed by atoms with Crippen molar-refractivity contribution < 1.29 is 9.47 Å². The average molecular weight is 536 g/mol. The van der Waals surface area contributed by atoms with Crippen LogP contribution >= 0.6 is 0 Å².